The average molecular weight is 210 g/mol. The molecule has 0 aliphatic carbocycles. The van der Waals surface area contributed by atoms with Crippen molar-refractivity contribution in [3.05, 3.63) is 29.8 Å². The first-order valence-electron chi connectivity index (χ1n) is 4.54. The van der Waals surface area contributed by atoms with Gasteiger partial charge in [0.25, 0.3) is 0 Å². The quantitative estimate of drug-likeness (QED) is 0.764. The summed E-state index contributed by atoms with van der Waals surface area (Å²) in [7, 11) is 1.63. The third kappa shape index (κ3) is 3.42. The second-order valence-corrected chi connectivity index (χ2v) is 4.15. The number of hydrogen-bond donors (Lipinski definition) is 0. The van der Waals surface area contributed by atoms with Gasteiger partial charge in [0.2, 0.25) is 0 Å². The molecule has 1 aromatic rings. The van der Waals surface area contributed by atoms with E-state index in [1.807, 2.05) is 31.2 Å². The number of benzene rings is 1. The van der Waals surface area contributed by atoms with Crippen LogP contribution in [-0.2, 0) is 11.2 Å². The van der Waals surface area contributed by atoms with Crippen molar-refractivity contribution < 1.29 is 9.53 Å². The van der Waals surface area contributed by atoms with Crippen molar-refractivity contribution in [2.75, 3.05) is 12.9 Å². The van der Waals surface area contributed by atoms with Gasteiger partial charge in [-0.2, -0.15) is 0 Å². The van der Waals surface area contributed by atoms with Crippen LogP contribution < -0.4 is 4.74 Å². The Balaban J connectivity index is 2.62. The summed E-state index contributed by atoms with van der Waals surface area (Å²) in [6.07, 6.45) is 0.482. The minimum absolute atomic E-state index is 0.209. The first kappa shape index (κ1) is 11.1. The molecule has 0 aliphatic rings. The fourth-order valence-corrected chi connectivity index (χ4v) is 1.75. The Labute approximate surface area is 88.7 Å². The maximum Gasteiger partial charge on any atom is 0.193 e. The van der Waals surface area contributed by atoms with Crippen LogP contribution in [0.1, 0.15) is 12.5 Å². The molecule has 0 saturated heterocycles. The van der Waals surface area contributed by atoms with Crippen LogP contribution in [0.4, 0.5) is 0 Å². The predicted molar refractivity (Wildman–Crippen MR) is 59.8 cm³/mol. The normalized spacial score (nSPS) is 9.86. The maximum absolute atomic E-state index is 11.3. The topological polar surface area (TPSA) is 26.3 Å². The zero-order valence-electron chi connectivity index (χ0n) is 8.45. The highest BCUT2D eigenvalue weighted by Gasteiger charge is 2.03. The van der Waals surface area contributed by atoms with E-state index in [-0.39, 0.29) is 5.12 Å². The number of thioether (sulfide) groups is 1. The van der Waals surface area contributed by atoms with Crippen LogP contribution in [-0.4, -0.2) is 18.0 Å². The molecule has 0 saturated carbocycles. The van der Waals surface area contributed by atoms with Crippen molar-refractivity contribution >= 4 is 16.9 Å². The van der Waals surface area contributed by atoms with E-state index in [0.717, 1.165) is 17.1 Å². The summed E-state index contributed by atoms with van der Waals surface area (Å²) < 4.78 is 5.08. The number of rotatable bonds is 4. The van der Waals surface area contributed by atoms with Gasteiger partial charge in [-0.05, 0) is 23.4 Å². The lowest BCUT2D eigenvalue weighted by molar-refractivity contribution is -0.110. The van der Waals surface area contributed by atoms with Gasteiger partial charge in [-0.1, -0.05) is 30.8 Å². The van der Waals surface area contributed by atoms with E-state index in [4.69, 9.17) is 4.74 Å². The Hall–Kier alpha value is -0.960. The summed E-state index contributed by atoms with van der Waals surface area (Å²) in [4.78, 5) is 11.3. The number of carbonyl (C=O) groups excluding carboxylic acids is 1. The molecule has 0 radical (unpaired) electrons. The van der Waals surface area contributed by atoms with E-state index in [1.54, 1.807) is 7.11 Å². The molecule has 2 nitrogen and oxygen atoms in total. The molecule has 0 aromatic heterocycles. The summed E-state index contributed by atoms with van der Waals surface area (Å²) in [5.74, 6) is 1.64. The fraction of sp³-hybridized carbons (Fsp3) is 0.364. The van der Waals surface area contributed by atoms with Gasteiger partial charge in [-0.25, -0.2) is 0 Å². The molecule has 0 bridgehead atoms. The molecule has 0 amide bonds. The lowest BCUT2D eigenvalue weighted by Gasteiger charge is -2.02. The van der Waals surface area contributed by atoms with Crippen LogP contribution in [0, 0.1) is 0 Å². The molecular formula is C11H14O2S. The van der Waals surface area contributed by atoms with Crippen LogP contribution >= 0.6 is 11.8 Å². The molecule has 0 fully saturated rings. The van der Waals surface area contributed by atoms with Crippen LogP contribution in [0.15, 0.2) is 24.3 Å². The fourth-order valence-electron chi connectivity index (χ4n) is 1.16. The molecule has 0 spiro atoms. The molecule has 1 aromatic carbocycles. The Morgan fingerprint density at radius 1 is 1.50 bits per heavy atom. The number of ether oxygens (including phenoxy) is 1. The SMILES string of the molecule is CCSC(=O)Cc1cccc(OC)c1. The number of carbonyl (C=O) groups is 1. The third-order valence-corrected chi connectivity index (χ3v) is 2.54. The summed E-state index contributed by atoms with van der Waals surface area (Å²) in [6.45, 7) is 1.98. The van der Waals surface area contributed by atoms with Gasteiger partial charge in [-0.15, -0.1) is 0 Å². The van der Waals surface area contributed by atoms with Gasteiger partial charge >= 0.3 is 0 Å². The third-order valence-electron chi connectivity index (χ3n) is 1.79. The van der Waals surface area contributed by atoms with Crippen LogP contribution in [0.5, 0.6) is 5.75 Å². The van der Waals surface area contributed by atoms with Crippen molar-refractivity contribution in [3.63, 3.8) is 0 Å². The standard InChI is InChI=1S/C11H14O2S/c1-3-14-11(12)8-9-5-4-6-10(7-9)13-2/h4-7H,3,8H2,1-2H3. The Bertz CT molecular complexity index is 310. The van der Waals surface area contributed by atoms with Crippen LogP contribution in [0.25, 0.3) is 0 Å². The molecule has 0 atom stereocenters. The molecule has 14 heavy (non-hydrogen) atoms. The highest BCUT2D eigenvalue weighted by Crippen LogP contribution is 2.15. The van der Waals surface area contributed by atoms with E-state index in [0.29, 0.717) is 6.42 Å². The first-order chi connectivity index (χ1) is 6.76. The molecular weight excluding hydrogens is 196 g/mol. The number of hydrogen-bond acceptors (Lipinski definition) is 3. The van der Waals surface area contributed by atoms with Gasteiger partial charge in [0.15, 0.2) is 5.12 Å². The zero-order valence-corrected chi connectivity index (χ0v) is 9.26. The minimum atomic E-state index is 0.209. The summed E-state index contributed by atoms with van der Waals surface area (Å²) in [5.41, 5.74) is 1.01. The van der Waals surface area contributed by atoms with E-state index in [9.17, 15) is 4.79 Å². The lowest BCUT2D eigenvalue weighted by Crippen LogP contribution is -1.98. The Morgan fingerprint density at radius 3 is 2.93 bits per heavy atom. The second kappa shape index (κ2) is 5.70. The van der Waals surface area contributed by atoms with E-state index in [1.165, 1.54) is 11.8 Å². The Morgan fingerprint density at radius 2 is 2.29 bits per heavy atom. The van der Waals surface area contributed by atoms with Crippen molar-refractivity contribution in [1.82, 2.24) is 0 Å². The summed E-state index contributed by atoms with van der Waals surface area (Å²) in [5, 5.41) is 0.209. The molecule has 0 unspecified atom stereocenters. The highest BCUT2D eigenvalue weighted by molar-refractivity contribution is 8.13. The molecule has 0 heterocycles. The molecule has 0 aliphatic heterocycles. The van der Waals surface area contributed by atoms with Gasteiger partial charge in [0, 0.05) is 6.42 Å². The first-order valence-corrected chi connectivity index (χ1v) is 5.53. The summed E-state index contributed by atoms with van der Waals surface area (Å²) >= 11 is 1.36. The number of methoxy groups -OCH3 is 1. The zero-order chi connectivity index (χ0) is 10.4. The van der Waals surface area contributed by atoms with Crippen molar-refractivity contribution in [1.29, 1.82) is 0 Å². The van der Waals surface area contributed by atoms with Gasteiger partial charge in [0.1, 0.15) is 5.75 Å². The smallest absolute Gasteiger partial charge is 0.193 e. The Kier molecular flexibility index (Phi) is 4.53. The van der Waals surface area contributed by atoms with Crippen molar-refractivity contribution in [2.24, 2.45) is 0 Å². The molecule has 1 rings (SSSR count). The maximum atomic E-state index is 11.3. The summed E-state index contributed by atoms with van der Waals surface area (Å²) in [6, 6.07) is 7.61. The van der Waals surface area contributed by atoms with Crippen LogP contribution in [0.2, 0.25) is 0 Å². The minimum Gasteiger partial charge on any atom is -0.497 e. The molecule has 3 heteroatoms. The van der Waals surface area contributed by atoms with Gasteiger partial charge in [-0.3, -0.25) is 4.79 Å². The molecule has 0 N–H and O–H groups in total. The van der Waals surface area contributed by atoms with Crippen molar-refractivity contribution in [3.8, 4) is 5.75 Å². The largest absolute Gasteiger partial charge is 0.497 e. The highest BCUT2D eigenvalue weighted by atomic mass is 32.2. The molecule has 76 valence electrons. The predicted octanol–water partition coefficient (Wildman–Crippen LogP) is 2.52. The monoisotopic (exact) mass is 210 g/mol. The van der Waals surface area contributed by atoms with Gasteiger partial charge in [0.05, 0.1) is 7.11 Å². The van der Waals surface area contributed by atoms with Crippen molar-refractivity contribution in [2.45, 2.75) is 13.3 Å². The van der Waals surface area contributed by atoms with E-state index >= 15 is 0 Å². The van der Waals surface area contributed by atoms with Crippen LogP contribution in [0.3, 0.4) is 0 Å². The lowest BCUT2D eigenvalue weighted by atomic mass is 10.1. The van der Waals surface area contributed by atoms with E-state index in [2.05, 4.69) is 0 Å². The van der Waals surface area contributed by atoms with Gasteiger partial charge < -0.3 is 4.74 Å². The second-order valence-electron chi connectivity index (χ2n) is 2.83. The van der Waals surface area contributed by atoms with E-state index < -0.39 is 0 Å². The average Bonchev–Trinajstić information content (AvgIpc) is 2.18.